The number of ketones is 1. The summed E-state index contributed by atoms with van der Waals surface area (Å²) in [5.41, 5.74) is 5.18. The lowest BCUT2D eigenvalue weighted by Gasteiger charge is -1.97. The molecule has 0 aromatic rings. The Morgan fingerprint density at radius 1 is 1.90 bits per heavy atom. The average molecular weight is 141 g/mol. The van der Waals surface area contributed by atoms with Crippen LogP contribution in [-0.4, -0.2) is 25.2 Å². The number of nitrogens with two attached hydrogens (primary N) is 1. The zero-order chi connectivity index (χ0) is 7.98. The number of Topliss-reactive ketones (excluding diaryl/α,β-unsaturated/α-hetero) is 1. The Morgan fingerprint density at radius 3 is 2.90 bits per heavy atom. The van der Waals surface area contributed by atoms with Gasteiger partial charge in [0, 0.05) is 7.05 Å². The third-order valence-corrected chi connectivity index (χ3v) is 0.934. The fourth-order valence-electron chi connectivity index (χ4n) is 0.380. The first kappa shape index (κ1) is 8.68. The van der Waals surface area contributed by atoms with E-state index in [1.807, 2.05) is 0 Å². The quantitative estimate of drug-likeness (QED) is 0.401. The molecule has 10 heavy (non-hydrogen) atoms. The molecule has 0 atom stereocenters. The monoisotopic (exact) mass is 141 g/mol. The van der Waals surface area contributed by atoms with Gasteiger partial charge in [-0.05, 0) is 6.20 Å². The second kappa shape index (κ2) is 4.55. The Bertz CT molecular complexity index is 162. The molecule has 0 radical (unpaired) electrons. The number of nitrogens with zero attached hydrogens (tertiary/aromatic N) is 1. The molecule has 0 aliphatic rings. The topological polar surface area (TPSA) is 67.5 Å². The van der Waals surface area contributed by atoms with Crippen LogP contribution in [0.4, 0.5) is 0 Å². The van der Waals surface area contributed by atoms with Crippen LogP contribution in [0.5, 0.6) is 0 Å². The molecule has 0 aromatic heterocycles. The molecular weight excluding hydrogens is 130 g/mol. The first-order valence-corrected chi connectivity index (χ1v) is 2.82. The Balaban J connectivity index is 3.74. The third-order valence-electron chi connectivity index (χ3n) is 0.934. The minimum atomic E-state index is -0.220. The first-order chi connectivity index (χ1) is 4.72. The number of rotatable bonds is 4. The highest BCUT2D eigenvalue weighted by Crippen LogP contribution is 1.70. The van der Waals surface area contributed by atoms with Crippen LogP contribution in [0.25, 0.3) is 0 Å². The van der Waals surface area contributed by atoms with Gasteiger partial charge in [-0.2, -0.15) is 0 Å². The molecule has 4 heteroatoms. The Labute approximate surface area is 59.8 Å². The summed E-state index contributed by atoms with van der Waals surface area (Å²) in [7, 11) is 1.47. The summed E-state index contributed by atoms with van der Waals surface area (Å²) >= 11 is 0. The van der Waals surface area contributed by atoms with E-state index in [2.05, 4.69) is 16.9 Å². The molecule has 0 saturated carbocycles. The van der Waals surface area contributed by atoms with Crippen LogP contribution in [-0.2, 0) is 4.79 Å². The van der Waals surface area contributed by atoms with Gasteiger partial charge < -0.3 is 11.1 Å². The molecule has 3 N–H and O–H groups in total. The van der Waals surface area contributed by atoms with Crippen molar-refractivity contribution in [3.63, 3.8) is 0 Å². The Morgan fingerprint density at radius 2 is 2.50 bits per heavy atom. The second-order valence-corrected chi connectivity index (χ2v) is 1.62. The first-order valence-electron chi connectivity index (χ1n) is 2.82. The summed E-state index contributed by atoms with van der Waals surface area (Å²) in [5, 5.41) is 2.62. The van der Waals surface area contributed by atoms with E-state index in [1.165, 1.54) is 13.2 Å². The minimum Gasteiger partial charge on any atom is -0.384 e. The molecule has 0 spiro atoms. The average Bonchev–Trinajstić information content (AvgIpc) is 1.98. The van der Waals surface area contributed by atoms with Crippen LogP contribution in [0.2, 0.25) is 0 Å². The van der Waals surface area contributed by atoms with Crippen LogP contribution in [0.15, 0.2) is 17.8 Å². The largest absolute Gasteiger partial charge is 0.384 e. The van der Waals surface area contributed by atoms with Crippen molar-refractivity contribution >= 4 is 11.6 Å². The molecule has 0 unspecified atom stereocenters. The molecule has 0 rings (SSSR count). The summed E-state index contributed by atoms with van der Waals surface area (Å²) in [5.74, 6) is -0.184. The van der Waals surface area contributed by atoms with Crippen molar-refractivity contribution in [1.29, 1.82) is 0 Å². The van der Waals surface area contributed by atoms with E-state index in [0.717, 1.165) is 0 Å². The van der Waals surface area contributed by atoms with E-state index < -0.39 is 0 Å². The summed E-state index contributed by atoms with van der Waals surface area (Å²) in [6.07, 6.45) is 1.43. The van der Waals surface area contributed by atoms with Crippen LogP contribution in [0.1, 0.15) is 0 Å². The lowest BCUT2D eigenvalue weighted by molar-refractivity contribution is -0.112. The normalized spacial score (nSPS) is 10.7. The van der Waals surface area contributed by atoms with Gasteiger partial charge >= 0.3 is 0 Å². The van der Waals surface area contributed by atoms with Crippen molar-refractivity contribution in [2.75, 3.05) is 13.6 Å². The number of carbonyl (C=O) groups excluding carboxylic acids is 1. The van der Waals surface area contributed by atoms with E-state index in [4.69, 9.17) is 5.73 Å². The van der Waals surface area contributed by atoms with Gasteiger partial charge in [0.15, 0.2) is 5.84 Å². The molecular formula is C6H11N3O. The predicted octanol–water partition coefficient (Wildman–Crippen LogP) is -0.724. The molecule has 0 amide bonds. The number of aliphatic imine (C=N–C) groups is 1. The van der Waals surface area contributed by atoms with E-state index in [1.54, 1.807) is 0 Å². The lowest BCUT2D eigenvalue weighted by Crippen LogP contribution is -2.31. The fourth-order valence-corrected chi connectivity index (χ4v) is 0.380. The zero-order valence-electron chi connectivity index (χ0n) is 5.92. The van der Waals surface area contributed by atoms with Crippen molar-refractivity contribution in [2.45, 2.75) is 0 Å². The molecule has 0 saturated heterocycles. The maximum Gasteiger partial charge on any atom is 0.216 e. The summed E-state index contributed by atoms with van der Waals surface area (Å²) < 4.78 is 0. The number of amidine groups is 1. The molecule has 0 fully saturated rings. The number of carbonyl (C=O) groups is 1. The van der Waals surface area contributed by atoms with Crippen molar-refractivity contribution in [1.82, 2.24) is 5.32 Å². The SMILES string of the molecule is C=CNCC(=O)C(N)=NC. The van der Waals surface area contributed by atoms with Crippen LogP contribution >= 0.6 is 0 Å². The minimum absolute atomic E-state index is 0.0364. The smallest absolute Gasteiger partial charge is 0.216 e. The van der Waals surface area contributed by atoms with Gasteiger partial charge in [-0.3, -0.25) is 9.79 Å². The maximum absolute atomic E-state index is 10.8. The maximum atomic E-state index is 10.8. The van der Waals surface area contributed by atoms with Crippen molar-refractivity contribution in [2.24, 2.45) is 10.7 Å². The molecule has 0 aliphatic heterocycles. The Hall–Kier alpha value is -1.32. The summed E-state index contributed by atoms with van der Waals surface area (Å²) in [4.78, 5) is 14.3. The van der Waals surface area contributed by atoms with E-state index in [0.29, 0.717) is 0 Å². The second-order valence-electron chi connectivity index (χ2n) is 1.62. The lowest BCUT2D eigenvalue weighted by atomic mass is 10.3. The van der Waals surface area contributed by atoms with Crippen molar-refractivity contribution < 1.29 is 4.79 Å². The molecule has 0 heterocycles. The number of hydrogen-bond donors (Lipinski definition) is 2. The van der Waals surface area contributed by atoms with Gasteiger partial charge in [0.1, 0.15) is 0 Å². The molecule has 4 nitrogen and oxygen atoms in total. The molecule has 0 bridgehead atoms. The Kier molecular flexibility index (Phi) is 3.95. The highest BCUT2D eigenvalue weighted by molar-refractivity contribution is 6.39. The molecule has 0 aromatic carbocycles. The zero-order valence-corrected chi connectivity index (χ0v) is 5.92. The van der Waals surface area contributed by atoms with E-state index >= 15 is 0 Å². The van der Waals surface area contributed by atoms with Crippen LogP contribution in [0, 0.1) is 0 Å². The van der Waals surface area contributed by atoms with E-state index in [9.17, 15) is 4.79 Å². The van der Waals surface area contributed by atoms with Crippen molar-refractivity contribution in [3.05, 3.63) is 12.8 Å². The van der Waals surface area contributed by atoms with Gasteiger partial charge in [0.05, 0.1) is 6.54 Å². The molecule has 56 valence electrons. The summed E-state index contributed by atoms with van der Waals surface area (Å²) in [6.45, 7) is 3.53. The third kappa shape index (κ3) is 2.86. The van der Waals surface area contributed by atoms with Gasteiger partial charge in [-0.25, -0.2) is 0 Å². The number of hydrogen-bond acceptors (Lipinski definition) is 3. The fraction of sp³-hybridized carbons (Fsp3) is 0.333. The summed E-state index contributed by atoms with van der Waals surface area (Å²) in [6, 6.07) is 0. The highest BCUT2D eigenvalue weighted by atomic mass is 16.1. The highest BCUT2D eigenvalue weighted by Gasteiger charge is 2.02. The van der Waals surface area contributed by atoms with Gasteiger partial charge in [0.25, 0.3) is 0 Å². The van der Waals surface area contributed by atoms with Gasteiger partial charge in [0.2, 0.25) is 5.78 Å². The predicted molar refractivity (Wildman–Crippen MR) is 40.8 cm³/mol. The van der Waals surface area contributed by atoms with Gasteiger partial charge in [-0.1, -0.05) is 6.58 Å². The number of nitrogens with one attached hydrogen (secondary N) is 1. The standard InChI is InChI=1S/C6H11N3O/c1-3-9-4-5(10)6(7)8-2/h3,9H,1,4H2,2H3,(H2,7,8). The van der Waals surface area contributed by atoms with E-state index in [-0.39, 0.29) is 18.2 Å². The van der Waals surface area contributed by atoms with Gasteiger partial charge in [-0.15, -0.1) is 0 Å². The van der Waals surface area contributed by atoms with Crippen LogP contribution in [0.3, 0.4) is 0 Å². The van der Waals surface area contributed by atoms with Crippen molar-refractivity contribution in [3.8, 4) is 0 Å². The molecule has 0 aliphatic carbocycles. The van der Waals surface area contributed by atoms with Crippen LogP contribution < -0.4 is 11.1 Å².